The van der Waals surface area contributed by atoms with Crippen molar-refractivity contribution in [2.24, 2.45) is 0 Å². The van der Waals surface area contributed by atoms with E-state index in [0.29, 0.717) is 22.4 Å². The van der Waals surface area contributed by atoms with Crippen LogP contribution in [0.1, 0.15) is 21.5 Å². The van der Waals surface area contributed by atoms with E-state index in [0.717, 1.165) is 0 Å². The second kappa shape index (κ2) is 7.79. The van der Waals surface area contributed by atoms with Crippen LogP contribution >= 0.6 is 0 Å². The molecule has 1 atom stereocenters. The molecule has 6 heteroatoms. The van der Waals surface area contributed by atoms with E-state index in [1.54, 1.807) is 24.3 Å². The summed E-state index contributed by atoms with van der Waals surface area (Å²) in [5.74, 6) is -1.08. The van der Waals surface area contributed by atoms with E-state index >= 15 is 0 Å². The van der Waals surface area contributed by atoms with E-state index in [-0.39, 0.29) is 6.42 Å². The molecule has 0 bridgehead atoms. The highest BCUT2D eigenvalue weighted by atomic mass is 16.5. The summed E-state index contributed by atoms with van der Waals surface area (Å²) in [5, 5.41) is 20.6. The van der Waals surface area contributed by atoms with Gasteiger partial charge in [0.25, 0.3) is 5.91 Å². The zero-order valence-corrected chi connectivity index (χ0v) is 13.0. The summed E-state index contributed by atoms with van der Waals surface area (Å²) >= 11 is 0. The average molecular weight is 324 g/mol. The minimum atomic E-state index is -1.14. The smallest absolute Gasteiger partial charge is 0.326 e. The summed E-state index contributed by atoms with van der Waals surface area (Å²) in [6.45, 7) is 0. The van der Waals surface area contributed by atoms with E-state index in [4.69, 9.17) is 10.00 Å². The molecule has 1 amide bonds. The number of hydrogen-bond acceptors (Lipinski definition) is 4. The Morgan fingerprint density at radius 3 is 2.46 bits per heavy atom. The molecular weight excluding hydrogens is 308 g/mol. The molecule has 0 aromatic heterocycles. The number of rotatable bonds is 6. The quantitative estimate of drug-likeness (QED) is 0.846. The fourth-order valence-corrected chi connectivity index (χ4v) is 2.23. The number of carboxylic acids is 1. The number of carbonyl (C=O) groups is 2. The standard InChI is InChI=1S/C18H16N2O4/c1-24-16-5-3-2-4-14(16)10-15(18(22)23)20-17(21)13-8-6-12(11-19)7-9-13/h2-9,15H,10H2,1H3,(H,20,21)(H,22,23)/t15-/m0/s1. The van der Waals surface area contributed by atoms with Gasteiger partial charge in [-0.2, -0.15) is 5.26 Å². The van der Waals surface area contributed by atoms with Gasteiger partial charge in [0, 0.05) is 12.0 Å². The summed E-state index contributed by atoms with van der Waals surface area (Å²) in [6, 6.07) is 13.9. The van der Waals surface area contributed by atoms with Crippen LogP contribution in [0.3, 0.4) is 0 Å². The van der Waals surface area contributed by atoms with Crippen LogP contribution in [0.4, 0.5) is 0 Å². The predicted molar refractivity (Wildman–Crippen MR) is 86.7 cm³/mol. The second-order valence-corrected chi connectivity index (χ2v) is 5.07. The number of methoxy groups -OCH3 is 1. The van der Waals surface area contributed by atoms with Crippen molar-refractivity contribution in [1.29, 1.82) is 5.26 Å². The number of benzene rings is 2. The third kappa shape index (κ3) is 4.11. The van der Waals surface area contributed by atoms with E-state index in [9.17, 15) is 14.7 Å². The molecule has 0 unspecified atom stereocenters. The molecule has 2 aromatic carbocycles. The molecule has 0 aliphatic rings. The van der Waals surface area contributed by atoms with Crippen LogP contribution in [0.25, 0.3) is 0 Å². The Labute approximate surface area is 139 Å². The van der Waals surface area contributed by atoms with Crippen LogP contribution in [-0.2, 0) is 11.2 Å². The Hall–Kier alpha value is -3.33. The molecule has 2 N–H and O–H groups in total. The largest absolute Gasteiger partial charge is 0.496 e. The lowest BCUT2D eigenvalue weighted by molar-refractivity contribution is -0.139. The molecule has 2 aromatic rings. The number of aliphatic carboxylic acids is 1. The Kier molecular flexibility index (Phi) is 5.53. The number of para-hydroxylation sites is 1. The Balaban J connectivity index is 2.14. The molecule has 0 radical (unpaired) electrons. The third-order valence-corrected chi connectivity index (χ3v) is 3.50. The molecule has 122 valence electrons. The zero-order chi connectivity index (χ0) is 17.5. The van der Waals surface area contributed by atoms with Gasteiger partial charge in [0.2, 0.25) is 0 Å². The summed E-state index contributed by atoms with van der Waals surface area (Å²) < 4.78 is 5.20. The lowest BCUT2D eigenvalue weighted by Gasteiger charge is -2.16. The van der Waals surface area contributed by atoms with Crippen LogP contribution in [0, 0.1) is 11.3 Å². The normalized spacial score (nSPS) is 11.2. The molecule has 0 fully saturated rings. The molecule has 24 heavy (non-hydrogen) atoms. The zero-order valence-electron chi connectivity index (χ0n) is 13.0. The van der Waals surface area contributed by atoms with Crippen LogP contribution in [0.2, 0.25) is 0 Å². The van der Waals surface area contributed by atoms with Crippen LogP contribution in [-0.4, -0.2) is 30.1 Å². The topological polar surface area (TPSA) is 99.4 Å². The summed E-state index contributed by atoms with van der Waals surface area (Å²) in [7, 11) is 1.50. The molecule has 0 heterocycles. The lowest BCUT2D eigenvalue weighted by atomic mass is 10.0. The highest BCUT2D eigenvalue weighted by Gasteiger charge is 2.22. The number of carbonyl (C=O) groups excluding carboxylic acids is 1. The van der Waals surface area contributed by atoms with Crippen molar-refractivity contribution in [3.05, 3.63) is 65.2 Å². The maximum Gasteiger partial charge on any atom is 0.326 e. The van der Waals surface area contributed by atoms with Crippen molar-refractivity contribution in [2.75, 3.05) is 7.11 Å². The van der Waals surface area contributed by atoms with Gasteiger partial charge in [-0.3, -0.25) is 4.79 Å². The van der Waals surface area contributed by atoms with Gasteiger partial charge >= 0.3 is 5.97 Å². The second-order valence-electron chi connectivity index (χ2n) is 5.07. The maximum absolute atomic E-state index is 12.2. The van der Waals surface area contributed by atoms with E-state index < -0.39 is 17.9 Å². The first-order valence-electron chi connectivity index (χ1n) is 7.21. The average Bonchev–Trinajstić information content (AvgIpc) is 2.61. The number of nitriles is 1. The van der Waals surface area contributed by atoms with Gasteiger partial charge in [0.15, 0.2) is 0 Å². The summed E-state index contributed by atoms with van der Waals surface area (Å²) in [6.07, 6.45) is 0.0986. The number of ether oxygens (including phenoxy) is 1. The van der Waals surface area contributed by atoms with E-state index in [1.165, 1.54) is 31.4 Å². The van der Waals surface area contributed by atoms with Gasteiger partial charge in [-0.25, -0.2) is 4.79 Å². The summed E-state index contributed by atoms with van der Waals surface area (Å²) in [5.41, 5.74) is 1.41. The third-order valence-electron chi connectivity index (χ3n) is 3.50. The number of carboxylic acid groups (broad SMARTS) is 1. The highest BCUT2D eigenvalue weighted by molar-refractivity contribution is 5.96. The predicted octanol–water partition coefficient (Wildman–Crippen LogP) is 1.99. The van der Waals surface area contributed by atoms with Crippen molar-refractivity contribution >= 4 is 11.9 Å². The highest BCUT2D eigenvalue weighted by Crippen LogP contribution is 2.19. The monoisotopic (exact) mass is 324 g/mol. The number of hydrogen-bond donors (Lipinski definition) is 2. The fraction of sp³-hybridized carbons (Fsp3) is 0.167. The van der Waals surface area contributed by atoms with Gasteiger partial charge in [0.05, 0.1) is 18.7 Å². The van der Waals surface area contributed by atoms with Gasteiger partial charge in [-0.15, -0.1) is 0 Å². The molecule has 0 saturated heterocycles. The van der Waals surface area contributed by atoms with Crippen molar-refractivity contribution in [3.8, 4) is 11.8 Å². The lowest BCUT2D eigenvalue weighted by Crippen LogP contribution is -2.42. The number of amides is 1. The molecule has 0 aliphatic heterocycles. The van der Waals surface area contributed by atoms with Crippen molar-refractivity contribution < 1.29 is 19.4 Å². The maximum atomic E-state index is 12.2. The first-order valence-corrected chi connectivity index (χ1v) is 7.21. The van der Waals surface area contributed by atoms with Crippen molar-refractivity contribution in [1.82, 2.24) is 5.32 Å². The Morgan fingerprint density at radius 1 is 1.21 bits per heavy atom. The fourth-order valence-electron chi connectivity index (χ4n) is 2.23. The van der Waals surface area contributed by atoms with Crippen LogP contribution in [0.5, 0.6) is 5.75 Å². The van der Waals surface area contributed by atoms with Crippen LogP contribution in [0.15, 0.2) is 48.5 Å². The molecule has 0 saturated carbocycles. The minimum Gasteiger partial charge on any atom is -0.496 e. The first-order chi connectivity index (χ1) is 11.5. The van der Waals surface area contributed by atoms with E-state index in [1.807, 2.05) is 6.07 Å². The Morgan fingerprint density at radius 2 is 1.88 bits per heavy atom. The van der Waals surface area contributed by atoms with Gasteiger partial charge in [0.1, 0.15) is 11.8 Å². The Bertz CT molecular complexity index is 778. The molecule has 0 spiro atoms. The minimum absolute atomic E-state index is 0.0986. The SMILES string of the molecule is COc1ccccc1C[C@H](NC(=O)c1ccc(C#N)cc1)C(=O)O. The van der Waals surface area contributed by atoms with Gasteiger partial charge in [-0.1, -0.05) is 18.2 Å². The molecule has 2 rings (SSSR count). The molecule has 0 aliphatic carbocycles. The van der Waals surface area contributed by atoms with Crippen molar-refractivity contribution in [3.63, 3.8) is 0 Å². The first kappa shape index (κ1) is 17.0. The number of nitrogens with one attached hydrogen (secondary N) is 1. The van der Waals surface area contributed by atoms with Gasteiger partial charge in [-0.05, 0) is 35.9 Å². The number of nitrogens with zero attached hydrogens (tertiary/aromatic N) is 1. The van der Waals surface area contributed by atoms with Crippen molar-refractivity contribution in [2.45, 2.75) is 12.5 Å². The summed E-state index contributed by atoms with van der Waals surface area (Å²) in [4.78, 5) is 23.7. The molecule has 6 nitrogen and oxygen atoms in total. The van der Waals surface area contributed by atoms with E-state index in [2.05, 4.69) is 5.32 Å². The van der Waals surface area contributed by atoms with Crippen LogP contribution < -0.4 is 10.1 Å². The van der Waals surface area contributed by atoms with Gasteiger partial charge < -0.3 is 15.2 Å². The molecular formula is C18H16N2O4.